The Labute approximate surface area is 111 Å². The molecular weight excluding hydrogens is 242 g/mol. The minimum atomic E-state index is 0.0255. The summed E-state index contributed by atoms with van der Waals surface area (Å²) in [6.45, 7) is 4.00. The second kappa shape index (κ2) is 4.71. The first-order valence-electron chi connectivity index (χ1n) is 6.26. The molecule has 0 bridgehead atoms. The summed E-state index contributed by atoms with van der Waals surface area (Å²) < 4.78 is 0. The molecule has 3 rings (SSSR count). The topological polar surface area (TPSA) is 42.1 Å². The van der Waals surface area contributed by atoms with Crippen LogP contribution in [-0.2, 0) is 13.0 Å². The van der Waals surface area contributed by atoms with Gasteiger partial charge in [-0.25, -0.2) is 4.98 Å². The van der Waals surface area contributed by atoms with E-state index in [9.17, 15) is 0 Å². The molecule has 2 N–H and O–H groups in total. The molecule has 2 aromatic rings. The van der Waals surface area contributed by atoms with E-state index in [1.807, 2.05) is 30.5 Å². The summed E-state index contributed by atoms with van der Waals surface area (Å²) in [5.74, 6) is 1.05. The number of fused-ring (bicyclic) bond motifs is 1. The third-order valence-electron chi connectivity index (χ3n) is 3.41. The van der Waals surface area contributed by atoms with Gasteiger partial charge in [-0.3, -0.25) is 0 Å². The van der Waals surface area contributed by atoms with Gasteiger partial charge in [0.25, 0.3) is 0 Å². The SMILES string of the molecule is C[C@H](N)c1cccnc1N1CCc2sccc2C1. The molecule has 0 amide bonds. The molecule has 0 unspecified atom stereocenters. The van der Waals surface area contributed by atoms with Crippen LogP contribution in [0.4, 0.5) is 5.82 Å². The van der Waals surface area contributed by atoms with E-state index in [1.54, 1.807) is 0 Å². The van der Waals surface area contributed by atoms with Gasteiger partial charge in [0.1, 0.15) is 5.82 Å². The zero-order chi connectivity index (χ0) is 12.5. The summed E-state index contributed by atoms with van der Waals surface area (Å²) in [5, 5.41) is 2.18. The molecule has 1 aliphatic heterocycles. The van der Waals surface area contributed by atoms with Crippen LogP contribution in [0.15, 0.2) is 29.8 Å². The number of nitrogens with zero attached hydrogens (tertiary/aromatic N) is 2. The third-order valence-corrected chi connectivity index (χ3v) is 4.44. The van der Waals surface area contributed by atoms with E-state index >= 15 is 0 Å². The van der Waals surface area contributed by atoms with Crippen molar-refractivity contribution < 1.29 is 0 Å². The van der Waals surface area contributed by atoms with Gasteiger partial charge < -0.3 is 10.6 Å². The largest absolute Gasteiger partial charge is 0.352 e. The minimum Gasteiger partial charge on any atom is -0.352 e. The van der Waals surface area contributed by atoms with Crippen molar-refractivity contribution in [1.29, 1.82) is 0 Å². The van der Waals surface area contributed by atoms with Crippen LogP contribution in [0.2, 0.25) is 0 Å². The monoisotopic (exact) mass is 259 g/mol. The van der Waals surface area contributed by atoms with Gasteiger partial charge in [0.2, 0.25) is 0 Å². The summed E-state index contributed by atoms with van der Waals surface area (Å²) in [6, 6.07) is 6.29. The van der Waals surface area contributed by atoms with Gasteiger partial charge in [-0.2, -0.15) is 0 Å². The van der Waals surface area contributed by atoms with Crippen LogP contribution in [0.1, 0.15) is 29.0 Å². The molecule has 0 saturated heterocycles. The van der Waals surface area contributed by atoms with Gasteiger partial charge >= 0.3 is 0 Å². The van der Waals surface area contributed by atoms with Gasteiger partial charge in [0.15, 0.2) is 0 Å². The van der Waals surface area contributed by atoms with Gasteiger partial charge in [0.05, 0.1) is 0 Å². The fourth-order valence-electron chi connectivity index (χ4n) is 2.46. The molecule has 18 heavy (non-hydrogen) atoms. The lowest BCUT2D eigenvalue weighted by Gasteiger charge is -2.30. The predicted octanol–water partition coefficient (Wildman–Crippen LogP) is 2.73. The van der Waals surface area contributed by atoms with Gasteiger partial charge in [-0.15, -0.1) is 11.3 Å². The second-order valence-corrected chi connectivity index (χ2v) is 5.75. The molecular formula is C14H17N3S. The van der Waals surface area contributed by atoms with Crippen molar-refractivity contribution >= 4 is 17.2 Å². The molecule has 3 heterocycles. The first kappa shape index (κ1) is 11.7. The number of thiophene rings is 1. The maximum Gasteiger partial charge on any atom is 0.133 e. The van der Waals surface area contributed by atoms with Crippen molar-refractivity contribution in [3.05, 3.63) is 45.8 Å². The third kappa shape index (κ3) is 2.02. The average Bonchev–Trinajstić information content (AvgIpc) is 2.85. The fraction of sp³-hybridized carbons (Fsp3) is 0.357. The number of hydrogen-bond acceptors (Lipinski definition) is 4. The van der Waals surface area contributed by atoms with Crippen molar-refractivity contribution in [2.75, 3.05) is 11.4 Å². The van der Waals surface area contributed by atoms with Crippen LogP contribution in [-0.4, -0.2) is 11.5 Å². The highest BCUT2D eigenvalue weighted by atomic mass is 32.1. The first-order valence-corrected chi connectivity index (χ1v) is 7.14. The summed E-state index contributed by atoms with van der Waals surface area (Å²) >= 11 is 1.86. The highest BCUT2D eigenvalue weighted by Gasteiger charge is 2.21. The number of aromatic nitrogens is 1. The van der Waals surface area contributed by atoms with E-state index < -0.39 is 0 Å². The van der Waals surface area contributed by atoms with E-state index in [2.05, 4.69) is 27.4 Å². The molecule has 0 fully saturated rings. The van der Waals surface area contributed by atoms with Crippen LogP contribution < -0.4 is 10.6 Å². The van der Waals surface area contributed by atoms with Crippen LogP contribution in [0.25, 0.3) is 0 Å². The predicted molar refractivity (Wildman–Crippen MR) is 75.9 cm³/mol. The van der Waals surface area contributed by atoms with E-state index in [4.69, 9.17) is 5.73 Å². The summed E-state index contributed by atoms with van der Waals surface area (Å²) in [4.78, 5) is 8.39. The molecule has 94 valence electrons. The molecule has 0 spiro atoms. The lowest BCUT2D eigenvalue weighted by molar-refractivity contribution is 0.711. The molecule has 3 nitrogen and oxygen atoms in total. The van der Waals surface area contributed by atoms with Crippen molar-refractivity contribution in [2.45, 2.75) is 25.9 Å². The Kier molecular flexibility index (Phi) is 3.06. The molecule has 0 saturated carbocycles. The van der Waals surface area contributed by atoms with E-state index in [0.717, 1.165) is 30.9 Å². The van der Waals surface area contributed by atoms with E-state index in [-0.39, 0.29) is 6.04 Å². The fourth-order valence-corrected chi connectivity index (χ4v) is 3.35. The van der Waals surface area contributed by atoms with E-state index in [0.29, 0.717) is 0 Å². The summed E-state index contributed by atoms with van der Waals surface area (Å²) in [6.07, 6.45) is 2.96. The zero-order valence-electron chi connectivity index (χ0n) is 10.5. The summed E-state index contributed by atoms with van der Waals surface area (Å²) in [5.41, 5.74) is 8.60. The molecule has 0 radical (unpaired) electrons. The number of nitrogens with two attached hydrogens (primary N) is 1. The molecule has 0 aliphatic carbocycles. The molecule has 1 aliphatic rings. The Morgan fingerprint density at radius 2 is 2.33 bits per heavy atom. The van der Waals surface area contributed by atoms with Crippen LogP contribution in [0, 0.1) is 0 Å². The molecule has 2 aromatic heterocycles. The first-order chi connectivity index (χ1) is 8.75. The van der Waals surface area contributed by atoms with Crippen molar-refractivity contribution in [1.82, 2.24) is 4.98 Å². The number of rotatable bonds is 2. The van der Waals surface area contributed by atoms with Gasteiger partial charge in [-0.1, -0.05) is 6.07 Å². The highest BCUT2D eigenvalue weighted by Crippen LogP contribution is 2.30. The van der Waals surface area contributed by atoms with Crippen molar-refractivity contribution in [2.24, 2.45) is 5.73 Å². The van der Waals surface area contributed by atoms with Crippen molar-refractivity contribution in [3.63, 3.8) is 0 Å². The number of anilines is 1. The zero-order valence-corrected chi connectivity index (χ0v) is 11.3. The normalized spacial score (nSPS) is 16.4. The van der Waals surface area contributed by atoms with Crippen LogP contribution >= 0.6 is 11.3 Å². The Bertz CT molecular complexity index is 547. The Hall–Kier alpha value is -1.39. The van der Waals surface area contributed by atoms with Crippen LogP contribution in [0.3, 0.4) is 0 Å². The van der Waals surface area contributed by atoms with Gasteiger partial charge in [-0.05, 0) is 36.4 Å². The maximum atomic E-state index is 6.03. The average molecular weight is 259 g/mol. The van der Waals surface area contributed by atoms with Gasteiger partial charge in [0, 0.05) is 35.8 Å². The Morgan fingerprint density at radius 3 is 3.17 bits per heavy atom. The minimum absolute atomic E-state index is 0.0255. The second-order valence-electron chi connectivity index (χ2n) is 4.75. The van der Waals surface area contributed by atoms with Crippen LogP contribution in [0.5, 0.6) is 0 Å². The smallest absolute Gasteiger partial charge is 0.133 e. The standard InChI is InChI=1S/C14H17N3S/c1-10(15)12-3-2-6-16-14(12)17-7-4-13-11(9-17)5-8-18-13/h2-3,5-6,8,10H,4,7,9,15H2,1H3/t10-/m0/s1. The highest BCUT2D eigenvalue weighted by molar-refractivity contribution is 7.10. The number of hydrogen-bond donors (Lipinski definition) is 1. The lowest BCUT2D eigenvalue weighted by Crippen LogP contribution is -2.31. The van der Waals surface area contributed by atoms with E-state index in [1.165, 1.54) is 10.4 Å². The molecule has 0 aromatic carbocycles. The molecule has 1 atom stereocenters. The quantitative estimate of drug-likeness (QED) is 0.901. The number of pyridine rings is 1. The molecule has 4 heteroatoms. The summed E-state index contributed by atoms with van der Waals surface area (Å²) in [7, 11) is 0. The van der Waals surface area contributed by atoms with Crippen molar-refractivity contribution in [3.8, 4) is 0 Å². The lowest BCUT2D eigenvalue weighted by atomic mass is 10.1. The Morgan fingerprint density at radius 1 is 1.44 bits per heavy atom. The maximum absolute atomic E-state index is 6.03. The Balaban J connectivity index is 1.93.